The van der Waals surface area contributed by atoms with Gasteiger partial charge in [-0.25, -0.2) is 9.78 Å². The van der Waals surface area contributed by atoms with Gasteiger partial charge >= 0.3 is 5.97 Å². The molecule has 0 atom stereocenters. The minimum Gasteiger partial charge on any atom is -0.423 e. The summed E-state index contributed by atoms with van der Waals surface area (Å²) >= 11 is 12.5. The van der Waals surface area contributed by atoms with E-state index in [9.17, 15) is 4.79 Å². The number of aromatic nitrogens is 1. The summed E-state index contributed by atoms with van der Waals surface area (Å²) in [6, 6.07) is 16.8. The third-order valence-electron chi connectivity index (χ3n) is 5.22. The summed E-state index contributed by atoms with van der Waals surface area (Å²) in [6.07, 6.45) is 0. The van der Waals surface area contributed by atoms with Gasteiger partial charge in [0.05, 0.1) is 21.8 Å². The average molecular weight is 450 g/mol. The number of halogens is 2. The highest BCUT2D eigenvalue weighted by Crippen LogP contribution is 2.33. The maximum Gasteiger partial charge on any atom is 0.344 e. The molecule has 156 valence electrons. The Morgan fingerprint density at radius 3 is 2.35 bits per heavy atom. The lowest BCUT2D eigenvalue weighted by Crippen LogP contribution is -2.11. The van der Waals surface area contributed by atoms with Gasteiger partial charge in [0, 0.05) is 16.0 Å². The minimum atomic E-state index is -0.433. The fourth-order valence-corrected chi connectivity index (χ4v) is 4.16. The van der Waals surface area contributed by atoms with E-state index in [2.05, 4.69) is 0 Å². The molecule has 0 aliphatic rings. The predicted molar refractivity (Wildman–Crippen MR) is 128 cm³/mol. The van der Waals surface area contributed by atoms with Crippen LogP contribution in [0.2, 0.25) is 10.0 Å². The fourth-order valence-electron chi connectivity index (χ4n) is 3.66. The Hall–Kier alpha value is -2.88. The molecule has 4 aromatic rings. The number of rotatable bonds is 3. The third kappa shape index (κ3) is 4.30. The Morgan fingerprint density at radius 1 is 0.839 bits per heavy atom. The monoisotopic (exact) mass is 449 g/mol. The number of hydrogen-bond donors (Lipinski definition) is 0. The molecule has 0 radical (unpaired) electrons. The molecular formula is C26H21Cl2NO2. The molecule has 0 amide bonds. The topological polar surface area (TPSA) is 39.2 Å². The van der Waals surface area contributed by atoms with Crippen molar-refractivity contribution in [2.24, 2.45) is 0 Å². The Bertz CT molecular complexity index is 1350. The normalized spacial score (nSPS) is 11.0. The van der Waals surface area contributed by atoms with E-state index in [0.717, 1.165) is 33.2 Å². The Morgan fingerprint density at radius 2 is 1.61 bits per heavy atom. The van der Waals surface area contributed by atoms with Crippen molar-refractivity contribution in [3.8, 4) is 17.0 Å². The number of ether oxygens (including phenoxy) is 1. The maximum atomic E-state index is 13.3. The molecule has 4 rings (SSSR count). The highest BCUT2D eigenvalue weighted by atomic mass is 35.5. The highest BCUT2D eigenvalue weighted by molar-refractivity contribution is 6.36. The number of esters is 1. The van der Waals surface area contributed by atoms with Crippen LogP contribution >= 0.6 is 23.2 Å². The molecule has 0 aliphatic heterocycles. The van der Waals surface area contributed by atoms with Crippen LogP contribution in [0.25, 0.3) is 22.2 Å². The highest BCUT2D eigenvalue weighted by Gasteiger charge is 2.19. The molecule has 3 nitrogen and oxygen atoms in total. The molecule has 1 aromatic heterocycles. The van der Waals surface area contributed by atoms with Crippen molar-refractivity contribution in [1.29, 1.82) is 0 Å². The molecule has 0 saturated carbocycles. The van der Waals surface area contributed by atoms with Gasteiger partial charge in [-0.1, -0.05) is 47.0 Å². The zero-order chi connectivity index (χ0) is 22.3. The van der Waals surface area contributed by atoms with Crippen molar-refractivity contribution in [3.63, 3.8) is 0 Å². The van der Waals surface area contributed by atoms with Crippen LogP contribution in [0.5, 0.6) is 5.75 Å². The lowest BCUT2D eigenvalue weighted by atomic mass is 9.99. The molecule has 0 bridgehead atoms. The molecule has 0 fully saturated rings. The van der Waals surface area contributed by atoms with E-state index in [0.29, 0.717) is 32.6 Å². The van der Waals surface area contributed by atoms with E-state index < -0.39 is 5.97 Å². The van der Waals surface area contributed by atoms with Gasteiger partial charge in [0.25, 0.3) is 0 Å². The number of carbonyl (C=O) groups excluding carboxylic acids is 1. The van der Waals surface area contributed by atoms with E-state index in [1.807, 2.05) is 64.1 Å². The zero-order valence-corrected chi connectivity index (χ0v) is 19.2. The molecule has 31 heavy (non-hydrogen) atoms. The number of benzene rings is 3. The van der Waals surface area contributed by atoms with Crippen molar-refractivity contribution in [2.45, 2.75) is 27.7 Å². The van der Waals surface area contributed by atoms with Gasteiger partial charge in [0.15, 0.2) is 0 Å². The van der Waals surface area contributed by atoms with Crippen molar-refractivity contribution in [1.82, 2.24) is 4.98 Å². The van der Waals surface area contributed by atoms with Crippen LogP contribution in [0, 0.1) is 27.7 Å². The van der Waals surface area contributed by atoms with Gasteiger partial charge in [-0.3, -0.25) is 0 Å². The first-order valence-electron chi connectivity index (χ1n) is 9.90. The lowest BCUT2D eigenvalue weighted by molar-refractivity contribution is 0.0735. The summed E-state index contributed by atoms with van der Waals surface area (Å²) in [4.78, 5) is 18.2. The average Bonchev–Trinajstić information content (AvgIpc) is 2.70. The molecule has 0 N–H and O–H groups in total. The van der Waals surface area contributed by atoms with E-state index in [1.165, 1.54) is 0 Å². The molecule has 0 spiro atoms. The van der Waals surface area contributed by atoms with Gasteiger partial charge in [-0.15, -0.1) is 0 Å². The maximum absolute atomic E-state index is 13.3. The predicted octanol–water partition coefficient (Wildman–Crippen LogP) is 7.66. The van der Waals surface area contributed by atoms with E-state index in [1.54, 1.807) is 18.2 Å². The van der Waals surface area contributed by atoms with Gasteiger partial charge in [0.2, 0.25) is 0 Å². The van der Waals surface area contributed by atoms with Crippen LogP contribution in [0.3, 0.4) is 0 Å². The van der Waals surface area contributed by atoms with Gasteiger partial charge < -0.3 is 4.74 Å². The molecule has 0 saturated heterocycles. The molecular weight excluding hydrogens is 429 g/mol. The van der Waals surface area contributed by atoms with Gasteiger partial charge in [-0.05, 0) is 80.8 Å². The molecule has 0 aliphatic carbocycles. The van der Waals surface area contributed by atoms with Crippen molar-refractivity contribution in [3.05, 3.63) is 92.5 Å². The Kier molecular flexibility index (Phi) is 5.74. The summed E-state index contributed by atoms with van der Waals surface area (Å²) in [5.74, 6) is 0.114. The van der Waals surface area contributed by atoms with Crippen molar-refractivity contribution in [2.75, 3.05) is 0 Å². The van der Waals surface area contributed by atoms with Crippen LogP contribution in [0.1, 0.15) is 32.6 Å². The fraction of sp³-hybridized carbons (Fsp3) is 0.154. The summed E-state index contributed by atoms with van der Waals surface area (Å²) in [5, 5.41) is 1.76. The number of fused-ring (bicyclic) bond motifs is 1. The quantitative estimate of drug-likeness (QED) is 0.238. The number of pyridine rings is 1. The number of nitrogens with zero attached hydrogens (tertiary/aromatic N) is 1. The summed E-state index contributed by atoms with van der Waals surface area (Å²) in [6.45, 7) is 7.86. The number of carbonyl (C=O) groups is 1. The van der Waals surface area contributed by atoms with Gasteiger partial charge in [0.1, 0.15) is 5.75 Å². The summed E-state index contributed by atoms with van der Waals surface area (Å²) in [5.41, 5.74) is 6.41. The molecule has 0 unspecified atom stereocenters. The SMILES string of the molecule is Cc1ccc(C)c(OC(=O)c2cc(-c3ccc(Cl)cc3Cl)nc3c(C)cc(C)cc23)c1. The number of hydrogen-bond acceptors (Lipinski definition) is 3. The largest absolute Gasteiger partial charge is 0.423 e. The zero-order valence-electron chi connectivity index (χ0n) is 17.7. The number of aryl methyl sites for hydroxylation is 4. The molecule has 5 heteroatoms. The standard InChI is InChI=1S/C26H21Cl2NO2/c1-14-5-6-16(3)24(11-14)31-26(30)21-13-23(19-8-7-18(27)12-22(19)28)29-25-17(4)9-15(2)10-20(21)25/h5-13H,1-4H3. The molecule has 3 aromatic carbocycles. The van der Waals surface area contributed by atoms with Crippen LogP contribution in [-0.4, -0.2) is 11.0 Å². The van der Waals surface area contributed by atoms with Crippen LogP contribution < -0.4 is 4.74 Å². The smallest absolute Gasteiger partial charge is 0.344 e. The van der Waals surface area contributed by atoms with E-state index in [-0.39, 0.29) is 0 Å². The van der Waals surface area contributed by atoms with E-state index in [4.69, 9.17) is 32.9 Å². The van der Waals surface area contributed by atoms with Crippen LogP contribution in [-0.2, 0) is 0 Å². The second-order valence-electron chi connectivity index (χ2n) is 7.82. The van der Waals surface area contributed by atoms with E-state index >= 15 is 0 Å². The first-order valence-corrected chi connectivity index (χ1v) is 10.7. The lowest BCUT2D eigenvalue weighted by Gasteiger charge is -2.14. The first-order chi connectivity index (χ1) is 14.7. The first kappa shape index (κ1) is 21.4. The van der Waals surface area contributed by atoms with Crippen LogP contribution in [0.4, 0.5) is 0 Å². The Balaban J connectivity index is 1.92. The van der Waals surface area contributed by atoms with Crippen molar-refractivity contribution >= 4 is 40.1 Å². The minimum absolute atomic E-state index is 0.433. The third-order valence-corrected chi connectivity index (χ3v) is 5.77. The molecule has 1 heterocycles. The second-order valence-corrected chi connectivity index (χ2v) is 8.66. The summed E-state index contributed by atoms with van der Waals surface area (Å²) < 4.78 is 5.82. The van der Waals surface area contributed by atoms with Gasteiger partial charge in [-0.2, -0.15) is 0 Å². The summed E-state index contributed by atoms with van der Waals surface area (Å²) in [7, 11) is 0. The van der Waals surface area contributed by atoms with Crippen molar-refractivity contribution < 1.29 is 9.53 Å². The second kappa shape index (κ2) is 8.33. The van der Waals surface area contributed by atoms with Crippen LogP contribution in [0.15, 0.2) is 54.6 Å². The Labute approximate surface area is 191 Å².